The molecule has 5 rings (SSSR count). The van der Waals surface area contributed by atoms with E-state index < -0.39 is 11.4 Å². The van der Waals surface area contributed by atoms with E-state index in [4.69, 9.17) is 24.0 Å². The number of rotatable bonds is 8. The average Bonchev–Trinajstić information content (AvgIpc) is 2.93. The summed E-state index contributed by atoms with van der Waals surface area (Å²) >= 11 is 1.92. The first-order chi connectivity index (χ1) is 14.4. The highest BCUT2D eigenvalue weighted by atomic mass is 32.2. The molecule has 1 aliphatic carbocycles. The molecule has 4 saturated heterocycles. The van der Waals surface area contributed by atoms with E-state index in [0.29, 0.717) is 30.3 Å². The summed E-state index contributed by atoms with van der Waals surface area (Å²) in [5.41, 5.74) is -0.326. The van der Waals surface area contributed by atoms with Crippen molar-refractivity contribution in [1.29, 1.82) is 0 Å². The van der Waals surface area contributed by atoms with Crippen LogP contribution in [0.4, 0.5) is 0 Å². The molecule has 0 aromatic heterocycles. The zero-order chi connectivity index (χ0) is 21.4. The van der Waals surface area contributed by atoms with Gasteiger partial charge >= 0.3 is 5.97 Å². The normalized spacial score (nSPS) is 44.9. The molecule has 5 aliphatic rings. The first-order valence-corrected chi connectivity index (χ1v) is 12.9. The molecular weight excluding hydrogens is 404 g/mol. The zero-order valence-corrected chi connectivity index (χ0v) is 19.7. The number of carbonyl (C=O) groups is 1. The monoisotopic (exact) mass is 442 g/mol. The second-order valence-electron chi connectivity index (χ2n) is 9.90. The Hall–Kier alpha value is -0.340. The number of hydrogen-bond donors (Lipinski definition) is 0. The van der Waals surface area contributed by atoms with E-state index in [9.17, 15) is 4.79 Å². The van der Waals surface area contributed by atoms with Gasteiger partial charge < -0.3 is 14.2 Å². The topological polar surface area (TPSA) is 63.2 Å². The van der Waals surface area contributed by atoms with Crippen molar-refractivity contribution in [2.45, 2.75) is 102 Å². The predicted molar refractivity (Wildman–Crippen MR) is 114 cm³/mol. The summed E-state index contributed by atoms with van der Waals surface area (Å²) in [4.78, 5) is 22.9. The molecule has 5 fully saturated rings. The van der Waals surface area contributed by atoms with Crippen molar-refractivity contribution in [2.24, 2.45) is 23.7 Å². The van der Waals surface area contributed by atoms with Crippen molar-refractivity contribution >= 4 is 17.7 Å². The van der Waals surface area contributed by atoms with Crippen LogP contribution in [-0.4, -0.2) is 41.4 Å². The highest BCUT2D eigenvalue weighted by Gasteiger charge is 2.69. The summed E-state index contributed by atoms with van der Waals surface area (Å²) in [5.74, 6) is 2.02. The zero-order valence-electron chi connectivity index (χ0n) is 18.9. The van der Waals surface area contributed by atoms with Crippen LogP contribution >= 0.6 is 11.8 Å². The van der Waals surface area contributed by atoms with Crippen LogP contribution in [0.15, 0.2) is 0 Å². The van der Waals surface area contributed by atoms with E-state index in [-0.39, 0.29) is 17.7 Å². The van der Waals surface area contributed by atoms with Gasteiger partial charge in [0.1, 0.15) is 5.44 Å². The van der Waals surface area contributed by atoms with Gasteiger partial charge in [-0.05, 0) is 62.5 Å². The van der Waals surface area contributed by atoms with Crippen molar-refractivity contribution < 1.29 is 28.8 Å². The van der Waals surface area contributed by atoms with Crippen molar-refractivity contribution in [3.8, 4) is 0 Å². The summed E-state index contributed by atoms with van der Waals surface area (Å²) in [5, 5.41) is 0. The largest absolute Gasteiger partial charge is 0.466 e. The van der Waals surface area contributed by atoms with Gasteiger partial charge in [0, 0.05) is 19.3 Å². The third-order valence-electron chi connectivity index (χ3n) is 7.72. The maximum absolute atomic E-state index is 10.8. The molecule has 2 bridgehead atoms. The van der Waals surface area contributed by atoms with Gasteiger partial charge in [-0.25, -0.2) is 9.78 Å². The number of esters is 1. The maximum Gasteiger partial charge on any atom is 0.302 e. The fourth-order valence-electron chi connectivity index (χ4n) is 6.04. The molecule has 4 heterocycles. The van der Waals surface area contributed by atoms with Crippen LogP contribution in [0.1, 0.15) is 79.1 Å². The summed E-state index contributed by atoms with van der Waals surface area (Å²) in [6.07, 6.45) is 8.32. The average molecular weight is 443 g/mol. The van der Waals surface area contributed by atoms with Gasteiger partial charge in [-0.3, -0.25) is 4.79 Å². The lowest BCUT2D eigenvalue weighted by molar-refractivity contribution is -0.568. The molecule has 6 nitrogen and oxygen atoms in total. The van der Waals surface area contributed by atoms with Gasteiger partial charge in [0.05, 0.1) is 6.61 Å². The van der Waals surface area contributed by atoms with Crippen LogP contribution < -0.4 is 0 Å². The molecule has 30 heavy (non-hydrogen) atoms. The van der Waals surface area contributed by atoms with Crippen molar-refractivity contribution in [3.63, 3.8) is 0 Å². The van der Waals surface area contributed by atoms with E-state index in [1.54, 1.807) is 0 Å². The van der Waals surface area contributed by atoms with Gasteiger partial charge in [0.15, 0.2) is 11.9 Å². The highest BCUT2D eigenvalue weighted by Crippen LogP contribution is 2.61. The first-order valence-electron chi connectivity index (χ1n) is 11.8. The van der Waals surface area contributed by atoms with E-state index in [0.717, 1.165) is 50.7 Å². The lowest BCUT2D eigenvalue weighted by atomic mass is 9.58. The molecule has 0 aromatic carbocycles. The lowest BCUT2D eigenvalue weighted by Crippen LogP contribution is -2.70. The lowest BCUT2D eigenvalue weighted by Gasteiger charge is -2.60. The smallest absolute Gasteiger partial charge is 0.302 e. The van der Waals surface area contributed by atoms with E-state index in [1.165, 1.54) is 13.3 Å². The van der Waals surface area contributed by atoms with Gasteiger partial charge in [-0.2, -0.15) is 0 Å². The van der Waals surface area contributed by atoms with Crippen LogP contribution in [0.25, 0.3) is 0 Å². The fourth-order valence-corrected chi connectivity index (χ4v) is 7.31. The predicted octanol–water partition coefficient (Wildman–Crippen LogP) is 5.05. The van der Waals surface area contributed by atoms with Crippen LogP contribution in [0.3, 0.4) is 0 Å². The molecule has 1 saturated carbocycles. The van der Waals surface area contributed by atoms with Crippen molar-refractivity contribution in [3.05, 3.63) is 0 Å². The van der Waals surface area contributed by atoms with E-state index in [2.05, 4.69) is 13.8 Å². The first kappa shape index (κ1) is 22.8. The van der Waals surface area contributed by atoms with E-state index >= 15 is 0 Å². The Kier molecular flexibility index (Phi) is 7.05. The number of carbonyl (C=O) groups excluding carboxylic acids is 1. The molecule has 0 N–H and O–H groups in total. The Labute approximate surface area is 185 Å². The molecule has 0 amide bonds. The van der Waals surface area contributed by atoms with Gasteiger partial charge in [-0.15, -0.1) is 11.8 Å². The summed E-state index contributed by atoms with van der Waals surface area (Å²) in [6, 6.07) is 0. The molecule has 172 valence electrons. The molecule has 0 radical (unpaired) electrons. The minimum Gasteiger partial charge on any atom is -0.466 e. The number of ether oxygens (including phenoxy) is 3. The van der Waals surface area contributed by atoms with Crippen LogP contribution in [-0.2, 0) is 28.8 Å². The summed E-state index contributed by atoms with van der Waals surface area (Å²) in [6.45, 7) is 8.65. The van der Waals surface area contributed by atoms with Gasteiger partial charge in [-0.1, -0.05) is 26.7 Å². The molecule has 4 aliphatic heterocycles. The quantitative estimate of drug-likeness (QED) is 0.296. The van der Waals surface area contributed by atoms with Crippen molar-refractivity contribution in [1.82, 2.24) is 0 Å². The standard InChI is InChI=1S/C23H38O6S/c1-15-9-10-19-16(2)20(30-14-8-6-5-7-13-25-17(3)24)26-21-23(19)18(15)11-12-22(4,27-21)28-29-23/h15-16,18-21H,5-14H2,1-4H3/t15-,16-,18+,19+,20+,21-,22?,23-/m1/s1. The van der Waals surface area contributed by atoms with Gasteiger partial charge in [0.2, 0.25) is 5.79 Å². The van der Waals surface area contributed by atoms with Crippen molar-refractivity contribution in [2.75, 3.05) is 12.4 Å². The van der Waals surface area contributed by atoms with Crippen LogP contribution in [0.2, 0.25) is 0 Å². The van der Waals surface area contributed by atoms with E-state index in [1.807, 2.05) is 18.7 Å². The molecule has 1 unspecified atom stereocenters. The third kappa shape index (κ3) is 4.29. The number of thioether (sulfide) groups is 1. The van der Waals surface area contributed by atoms with Gasteiger partial charge in [0.25, 0.3) is 0 Å². The molecule has 8 atom stereocenters. The Morgan fingerprint density at radius 1 is 1.07 bits per heavy atom. The molecule has 1 spiro atoms. The minimum absolute atomic E-state index is 0.132. The van der Waals surface area contributed by atoms with Crippen LogP contribution in [0, 0.1) is 23.7 Å². The van der Waals surface area contributed by atoms with Crippen LogP contribution in [0.5, 0.6) is 0 Å². The number of fused-ring (bicyclic) bond motifs is 2. The Bertz CT molecular complexity index is 617. The third-order valence-corrected chi connectivity index (χ3v) is 9.12. The molecule has 0 aromatic rings. The Balaban J connectivity index is 1.33. The second kappa shape index (κ2) is 9.26. The maximum atomic E-state index is 10.8. The number of unbranched alkanes of at least 4 members (excludes halogenated alkanes) is 3. The molecular formula is C23H38O6S. The Morgan fingerprint density at radius 3 is 2.67 bits per heavy atom. The SMILES string of the molecule is CC(=O)OCCCCCCS[C@@H]1O[C@@H]2OC3(C)CC[C@H]4[C@H](C)CC[C@@H]([C@H]1C)[C@@]24OO3. The highest BCUT2D eigenvalue weighted by molar-refractivity contribution is 7.99. The second-order valence-corrected chi connectivity index (χ2v) is 11.1. The summed E-state index contributed by atoms with van der Waals surface area (Å²) in [7, 11) is 0. The Morgan fingerprint density at radius 2 is 1.87 bits per heavy atom. The fraction of sp³-hybridized carbons (Fsp3) is 0.957. The number of hydrogen-bond acceptors (Lipinski definition) is 7. The molecule has 7 heteroatoms. The summed E-state index contributed by atoms with van der Waals surface area (Å²) < 4.78 is 18.0. The minimum atomic E-state index is -0.699.